The van der Waals surface area contributed by atoms with Gasteiger partial charge >= 0.3 is 0 Å². The third-order valence-electron chi connectivity index (χ3n) is 4.61. The van der Waals surface area contributed by atoms with E-state index in [0.29, 0.717) is 18.2 Å². The lowest BCUT2D eigenvalue weighted by Crippen LogP contribution is -3.09. The molecule has 0 radical (unpaired) electrons. The number of hydrogen-bond donors (Lipinski definition) is 1. The van der Waals surface area contributed by atoms with Gasteiger partial charge in [-0.1, -0.05) is 41.9 Å². The number of rotatable bonds is 6. The zero-order chi connectivity index (χ0) is 18.7. The van der Waals surface area contributed by atoms with Crippen molar-refractivity contribution < 1.29 is 19.2 Å². The van der Waals surface area contributed by atoms with Crippen molar-refractivity contribution in [3.63, 3.8) is 0 Å². The SMILES string of the molecule is COc1ccc(Cl)cc1C[NH+](C)CN1C(=O)C[C@H](c2ccccc2)C1=O. The molecule has 2 aromatic carbocycles. The molecule has 0 aliphatic carbocycles. The van der Waals surface area contributed by atoms with Crippen molar-refractivity contribution in [3.05, 3.63) is 64.7 Å². The van der Waals surface area contributed by atoms with Gasteiger partial charge in [-0.15, -0.1) is 0 Å². The van der Waals surface area contributed by atoms with Gasteiger partial charge in [0.25, 0.3) is 0 Å². The van der Waals surface area contributed by atoms with Crippen LogP contribution in [0.4, 0.5) is 0 Å². The van der Waals surface area contributed by atoms with Crippen molar-refractivity contribution in [2.45, 2.75) is 18.9 Å². The number of amides is 2. The molecule has 1 unspecified atom stereocenters. The fourth-order valence-corrected chi connectivity index (χ4v) is 3.53. The highest BCUT2D eigenvalue weighted by molar-refractivity contribution is 6.30. The molecule has 0 bridgehead atoms. The Bertz CT molecular complexity index is 810. The van der Waals surface area contributed by atoms with Crippen LogP contribution in [0.15, 0.2) is 48.5 Å². The van der Waals surface area contributed by atoms with E-state index in [0.717, 1.165) is 21.8 Å². The molecule has 1 heterocycles. The van der Waals surface area contributed by atoms with Crippen LogP contribution in [0.5, 0.6) is 5.75 Å². The Kier molecular flexibility index (Phi) is 5.59. The lowest BCUT2D eigenvalue weighted by Gasteiger charge is -2.21. The number of hydrogen-bond acceptors (Lipinski definition) is 3. The molecule has 26 heavy (non-hydrogen) atoms. The first kappa shape index (κ1) is 18.4. The van der Waals surface area contributed by atoms with E-state index in [1.54, 1.807) is 13.2 Å². The summed E-state index contributed by atoms with van der Waals surface area (Å²) >= 11 is 6.08. The predicted octanol–water partition coefficient (Wildman–Crippen LogP) is 1.86. The average molecular weight is 374 g/mol. The van der Waals surface area contributed by atoms with Crippen LogP contribution >= 0.6 is 11.6 Å². The number of halogens is 1. The minimum absolute atomic E-state index is 0.124. The maximum atomic E-state index is 12.7. The van der Waals surface area contributed by atoms with E-state index in [1.807, 2.05) is 49.5 Å². The molecule has 0 spiro atoms. The van der Waals surface area contributed by atoms with Crippen molar-refractivity contribution >= 4 is 23.4 Å². The van der Waals surface area contributed by atoms with Crippen LogP contribution in [-0.4, -0.2) is 37.5 Å². The van der Waals surface area contributed by atoms with E-state index >= 15 is 0 Å². The number of ether oxygens (including phenoxy) is 1. The number of imide groups is 1. The standard InChI is InChI=1S/C20H21ClN2O3/c1-22(12-15-10-16(21)8-9-18(15)26-2)13-23-19(24)11-17(20(23)25)14-6-4-3-5-7-14/h3-10,17H,11-13H2,1-2H3/p+1/t17-/m1/s1. The Morgan fingerprint density at radius 1 is 1.19 bits per heavy atom. The highest BCUT2D eigenvalue weighted by Gasteiger charge is 2.40. The van der Waals surface area contributed by atoms with Crippen LogP contribution in [0, 0.1) is 0 Å². The van der Waals surface area contributed by atoms with Gasteiger partial charge < -0.3 is 9.64 Å². The van der Waals surface area contributed by atoms with E-state index in [4.69, 9.17) is 16.3 Å². The van der Waals surface area contributed by atoms with Gasteiger partial charge in [0.1, 0.15) is 12.3 Å². The third-order valence-corrected chi connectivity index (χ3v) is 4.84. The normalized spacial score (nSPS) is 18.3. The molecular formula is C20H22ClN2O3+. The molecule has 1 saturated heterocycles. The molecule has 1 fully saturated rings. The number of carbonyl (C=O) groups excluding carboxylic acids is 2. The van der Waals surface area contributed by atoms with Gasteiger partial charge in [0.15, 0.2) is 6.67 Å². The molecule has 3 rings (SSSR count). The summed E-state index contributed by atoms with van der Waals surface area (Å²) in [7, 11) is 3.55. The van der Waals surface area contributed by atoms with Crippen LogP contribution in [-0.2, 0) is 16.1 Å². The molecule has 6 heteroatoms. The van der Waals surface area contributed by atoms with Gasteiger partial charge in [-0.3, -0.25) is 9.59 Å². The predicted molar refractivity (Wildman–Crippen MR) is 99.1 cm³/mol. The third kappa shape index (κ3) is 3.89. The lowest BCUT2D eigenvalue weighted by molar-refractivity contribution is -0.901. The molecule has 2 aromatic rings. The monoisotopic (exact) mass is 373 g/mol. The van der Waals surface area contributed by atoms with Gasteiger partial charge in [0.05, 0.1) is 20.1 Å². The van der Waals surface area contributed by atoms with Gasteiger partial charge in [-0.2, -0.15) is 0 Å². The second-order valence-electron chi connectivity index (χ2n) is 6.58. The first-order valence-corrected chi connectivity index (χ1v) is 8.90. The van der Waals surface area contributed by atoms with Gasteiger partial charge in [0, 0.05) is 17.0 Å². The van der Waals surface area contributed by atoms with Crippen LogP contribution in [0.2, 0.25) is 5.02 Å². The summed E-state index contributed by atoms with van der Waals surface area (Å²) in [6.07, 6.45) is 0.233. The summed E-state index contributed by atoms with van der Waals surface area (Å²) < 4.78 is 5.37. The van der Waals surface area contributed by atoms with E-state index in [-0.39, 0.29) is 24.2 Å². The number of carbonyl (C=O) groups is 2. The molecule has 136 valence electrons. The molecule has 5 nitrogen and oxygen atoms in total. The highest BCUT2D eigenvalue weighted by Crippen LogP contribution is 2.28. The van der Waals surface area contributed by atoms with Crippen molar-refractivity contribution in [1.29, 1.82) is 0 Å². The van der Waals surface area contributed by atoms with E-state index < -0.39 is 0 Å². The van der Waals surface area contributed by atoms with Crippen LogP contribution in [0.25, 0.3) is 0 Å². The second-order valence-corrected chi connectivity index (χ2v) is 7.01. The van der Waals surface area contributed by atoms with E-state index in [2.05, 4.69) is 0 Å². The van der Waals surface area contributed by atoms with Crippen LogP contribution in [0.1, 0.15) is 23.5 Å². The quantitative estimate of drug-likeness (QED) is 0.786. The first-order chi connectivity index (χ1) is 12.5. The fourth-order valence-electron chi connectivity index (χ4n) is 3.33. The first-order valence-electron chi connectivity index (χ1n) is 8.52. The van der Waals surface area contributed by atoms with Crippen molar-refractivity contribution in [2.75, 3.05) is 20.8 Å². The Labute approximate surface area is 158 Å². The maximum Gasteiger partial charge on any atom is 0.241 e. The lowest BCUT2D eigenvalue weighted by atomic mass is 9.98. The zero-order valence-corrected chi connectivity index (χ0v) is 15.6. The summed E-state index contributed by atoms with van der Waals surface area (Å²) in [6, 6.07) is 14.9. The van der Waals surface area contributed by atoms with E-state index in [1.165, 1.54) is 4.90 Å². The average Bonchev–Trinajstić information content (AvgIpc) is 2.91. The molecule has 1 aliphatic rings. The molecule has 0 saturated carbocycles. The summed E-state index contributed by atoms with van der Waals surface area (Å²) in [5.74, 6) is 0.118. The Balaban J connectivity index is 1.70. The summed E-state index contributed by atoms with van der Waals surface area (Å²) in [4.78, 5) is 27.5. The summed E-state index contributed by atoms with van der Waals surface area (Å²) in [5.41, 5.74) is 1.83. The molecule has 2 atom stereocenters. The van der Waals surface area contributed by atoms with Gasteiger partial charge in [-0.05, 0) is 23.8 Å². The number of methoxy groups -OCH3 is 1. The number of quaternary nitrogens is 1. The smallest absolute Gasteiger partial charge is 0.241 e. The Hall–Kier alpha value is -2.37. The molecule has 1 aliphatic heterocycles. The molecule has 0 aromatic heterocycles. The summed E-state index contributed by atoms with van der Waals surface area (Å²) in [5, 5.41) is 0.631. The molecule has 2 amide bonds. The van der Waals surface area contributed by atoms with Gasteiger partial charge in [0.2, 0.25) is 11.8 Å². The number of nitrogens with zero attached hydrogens (tertiary/aromatic N) is 1. The number of benzene rings is 2. The van der Waals surface area contributed by atoms with Crippen molar-refractivity contribution in [3.8, 4) is 5.75 Å². The zero-order valence-electron chi connectivity index (χ0n) is 14.9. The van der Waals surface area contributed by atoms with Crippen LogP contribution < -0.4 is 9.64 Å². The second kappa shape index (κ2) is 7.89. The van der Waals surface area contributed by atoms with Crippen molar-refractivity contribution in [1.82, 2.24) is 4.90 Å². The largest absolute Gasteiger partial charge is 0.496 e. The van der Waals surface area contributed by atoms with Gasteiger partial charge in [-0.25, -0.2) is 4.90 Å². The minimum Gasteiger partial charge on any atom is -0.496 e. The number of nitrogens with one attached hydrogen (secondary N) is 1. The van der Waals surface area contributed by atoms with E-state index in [9.17, 15) is 9.59 Å². The maximum absolute atomic E-state index is 12.7. The molecule has 1 N–H and O–H groups in total. The Morgan fingerprint density at radius 3 is 2.62 bits per heavy atom. The summed E-state index contributed by atoms with van der Waals surface area (Å²) in [6.45, 7) is 0.910. The van der Waals surface area contributed by atoms with Crippen molar-refractivity contribution in [2.24, 2.45) is 0 Å². The highest BCUT2D eigenvalue weighted by atomic mass is 35.5. The minimum atomic E-state index is -0.378. The molecular weight excluding hydrogens is 352 g/mol. The Morgan fingerprint density at radius 2 is 1.92 bits per heavy atom. The topological polar surface area (TPSA) is 51.1 Å². The van der Waals surface area contributed by atoms with Crippen LogP contribution in [0.3, 0.4) is 0 Å². The fraction of sp³-hybridized carbons (Fsp3) is 0.300. The number of likely N-dealkylation sites (tertiary alicyclic amines) is 1.